The summed E-state index contributed by atoms with van der Waals surface area (Å²) in [5, 5.41) is 19.5. The van der Waals surface area contributed by atoms with Crippen molar-refractivity contribution in [2.75, 3.05) is 5.73 Å². The van der Waals surface area contributed by atoms with E-state index < -0.39 is 6.10 Å². The van der Waals surface area contributed by atoms with E-state index in [1.807, 2.05) is 6.92 Å². The molecule has 0 amide bonds. The molecule has 1 saturated carbocycles. The van der Waals surface area contributed by atoms with Crippen LogP contribution in [0.25, 0.3) is 22.2 Å². The van der Waals surface area contributed by atoms with Gasteiger partial charge >= 0.3 is 0 Å². The number of halogens is 2. The van der Waals surface area contributed by atoms with Gasteiger partial charge in [-0.25, -0.2) is 4.98 Å². The highest BCUT2D eigenvalue weighted by molar-refractivity contribution is 6.39. The zero-order valence-electron chi connectivity index (χ0n) is 13.7. The van der Waals surface area contributed by atoms with Crippen molar-refractivity contribution in [1.29, 1.82) is 0 Å². The van der Waals surface area contributed by atoms with Gasteiger partial charge in [0.05, 0.1) is 33.7 Å². The van der Waals surface area contributed by atoms with E-state index in [2.05, 4.69) is 10.2 Å². The predicted molar refractivity (Wildman–Crippen MR) is 101 cm³/mol. The minimum atomic E-state index is -0.618. The summed E-state index contributed by atoms with van der Waals surface area (Å²) in [6.07, 6.45) is 3.86. The average Bonchev–Trinajstić information content (AvgIpc) is 3.34. The number of nitrogens with one attached hydrogen (secondary N) is 1. The number of anilines is 1. The Morgan fingerprint density at radius 1 is 1.32 bits per heavy atom. The lowest BCUT2D eigenvalue weighted by Crippen LogP contribution is -2.07. The van der Waals surface area contributed by atoms with Crippen molar-refractivity contribution in [2.45, 2.75) is 38.2 Å². The van der Waals surface area contributed by atoms with Crippen LogP contribution in [0.3, 0.4) is 0 Å². The molecule has 0 radical (unpaired) electrons. The van der Waals surface area contributed by atoms with E-state index in [1.165, 1.54) is 0 Å². The van der Waals surface area contributed by atoms with Gasteiger partial charge in [-0.05, 0) is 37.0 Å². The third-order valence-electron chi connectivity index (χ3n) is 4.72. The van der Waals surface area contributed by atoms with Gasteiger partial charge in [-0.3, -0.25) is 5.10 Å². The number of hydrogen-bond donors (Lipinski definition) is 3. The third kappa shape index (κ3) is 2.76. The minimum Gasteiger partial charge on any atom is -0.396 e. The van der Waals surface area contributed by atoms with Crippen molar-refractivity contribution in [2.24, 2.45) is 0 Å². The average molecular weight is 377 g/mol. The number of aliphatic hydroxyl groups excluding tert-OH is 1. The first-order valence-corrected chi connectivity index (χ1v) is 9.06. The van der Waals surface area contributed by atoms with Crippen molar-refractivity contribution in [3.05, 3.63) is 39.6 Å². The summed E-state index contributed by atoms with van der Waals surface area (Å²) in [4.78, 5) is 4.75. The molecule has 4 rings (SSSR count). The van der Waals surface area contributed by atoms with Crippen LogP contribution in [0, 0.1) is 0 Å². The smallest absolute Gasteiger partial charge is 0.156 e. The molecule has 1 fully saturated rings. The molecule has 7 heteroatoms. The molecule has 1 aliphatic carbocycles. The number of aromatic nitrogens is 3. The van der Waals surface area contributed by atoms with E-state index in [0.29, 0.717) is 33.7 Å². The van der Waals surface area contributed by atoms with Crippen LogP contribution < -0.4 is 5.73 Å². The molecule has 2 aromatic heterocycles. The van der Waals surface area contributed by atoms with Crippen LogP contribution in [0.15, 0.2) is 18.3 Å². The van der Waals surface area contributed by atoms with Crippen molar-refractivity contribution in [1.82, 2.24) is 15.2 Å². The fourth-order valence-electron chi connectivity index (χ4n) is 3.25. The maximum Gasteiger partial charge on any atom is 0.156 e. The van der Waals surface area contributed by atoms with Crippen LogP contribution in [-0.4, -0.2) is 20.3 Å². The topological polar surface area (TPSA) is 87.8 Å². The molecule has 130 valence electrons. The molecule has 0 aliphatic heterocycles. The summed E-state index contributed by atoms with van der Waals surface area (Å²) >= 11 is 12.5. The van der Waals surface area contributed by atoms with Gasteiger partial charge in [0.15, 0.2) is 5.65 Å². The van der Waals surface area contributed by atoms with E-state index in [1.54, 1.807) is 18.3 Å². The largest absolute Gasteiger partial charge is 0.396 e. The molecule has 1 aromatic carbocycles. The Kier molecular flexibility index (Phi) is 4.10. The van der Waals surface area contributed by atoms with Gasteiger partial charge in [-0.15, -0.1) is 0 Å². The number of fused-ring (bicyclic) bond motifs is 1. The first kappa shape index (κ1) is 16.6. The molecule has 2 heterocycles. The van der Waals surface area contributed by atoms with Crippen LogP contribution in [-0.2, 0) is 0 Å². The van der Waals surface area contributed by atoms with Crippen molar-refractivity contribution in [3.63, 3.8) is 0 Å². The number of nitrogens with zero attached hydrogens (tertiary/aromatic N) is 2. The first-order chi connectivity index (χ1) is 12.0. The Bertz CT molecular complexity index is 942. The lowest BCUT2D eigenvalue weighted by Gasteiger charge is -2.20. The number of nitrogen functional groups attached to an aromatic ring is 1. The van der Waals surface area contributed by atoms with Crippen molar-refractivity contribution in [3.8, 4) is 11.1 Å². The van der Waals surface area contributed by atoms with Crippen LogP contribution >= 0.6 is 23.2 Å². The molecule has 0 saturated heterocycles. The van der Waals surface area contributed by atoms with Crippen LogP contribution in [0.5, 0.6) is 0 Å². The fourth-order valence-corrected chi connectivity index (χ4v) is 3.74. The molecule has 0 spiro atoms. The summed E-state index contributed by atoms with van der Waals surface area (Å²) in [6.45, 7) is 1.95. The number of benzene rings is 1. The molecule has 1 aliphatic rings. The number of aromatic amines is 1. The van der Waals surface area contributed by atoms with E-state index >= 15 is 0 Å². The minimum absolute atomic E-state index is 0.351. The number of aliphatic hydroxyl groups is 1. The van der Waals surface area contributed by atoms with Gasteiger partial charge < -0.3 is 10.8 Å². The zero-order valence-corrected chi connectivity index (χ0v) is 15.2. The molecular formula is C18H18Cl2N4O. The molecule has 4 N–H and O–H groups in total. The van der Waals surface area contributed by atoms with Gasteiger partial charge in [0.1, 0.15) is 0 Å². The molecule has 25 heavy (non-hydrogen) atoms. The van der Waals surface area contributed by atoms with Gasteiger partial charge in [-0.2, -0.15) is 5.10 Å². The number of H-pyrrole nitrogens is 1. The molecular weight excluding hydrogens is 359 g/mol. The SMILES string of the molecule is CCC(O)c1c(C2CC2)nc2[nH]ncc2c1-c1cc(Cl)c(N)c(Cl)c1. The summed E-state index contributed by atoms with van der Waals surface area (Å²) in [7, 11) is 0. The maximum absolute atomic E-state index is 10.8. The Hall–Kier alpha value is -1.82. The second kappa shape index (κ2) is 6.16. The Balaban J connectivity index is 2.09. The van der Waals surface area contributed by atoms with E-state index in [0.717, 1.165) is 40.6 Å². The normalized spacial score (nSPS) is 15.7. The molecule has 1 unspecified atom stereocenters. The summed E-state index contributed by atoms with van der Waals surface area (Å²) in [5.41, 5.74) is 10.4. The highest BCUT2D eigenvalue weighted by Crippen LogP contribution is 2.47. The Morgan fingerprint density at radius 2 is 2.00 bits per heavy atom. The quantitative estimate of drug-likeness (QED) is 0.568. The molecule has 5 nitrogen and oxygen atoms in total. The molecule has 1 atom stereocenters. The van der Waals surface area contributed by atoms with Crippen molar-refractivity contribution < 1.29 is 5.11 Å². The second-order valence-electron chi connectivity index (χ2n) is 6.47. The van der Waals surface area contributed by atoms with Crippen molar-refractivity contribution >= 4 is 39.9 Å². The molecule has 3 aromatic rings. The van der Waals surface area contributed by atoms with E-state index in [4.69, 9.17) is 33.9 Å². The number of hydrogen-bond acceptors (Lipinski definition) is 4. The van der Waals surface area contributed by atoms with Gasteiger partial charge in [0.2, 0.25) is 0 Å². The van der Waals surface area contributed by atoms with Crippen LogP contribution in [0.4, 0.5) is 5.69 Å². The Labute approximate surface area is 155 Å². The van der Waals surface area contributed by atoms with Crippen LogP contribution in [0.2, 0.25) is 10.0 Å². The summed E-state index contributed by atoms with van der Waals surface area (Å²) in [5.74, 6) is 0.377. The van der Waals surface area contributed by atoms with Gasteiger partial charge in [0.25, 0.3) is 0 Å². The number of rotatable bonds is 4. The zero-order chi connectivity index (χ0) is 17.7. The molecule has 0 bridgehead atoms. The van der Waals surface area contributed by atoms with E-state index in [9.17, 15) is 5.11 Å². The maximum atomic E-state index is 10.8. The number of nitrogens with two attached hydrogens (primary N) is 1. The standard InChI is InChI=1S/C18H18Cl2N4O/c1-2-13(25)15-14(9-5-11(19)16(21)12(20)6-9)10-7-22-24-18(10)23-17(15)8-3-4-8/h5-8,13,25H,2-4,21H2,1H3,(H,22,23,24). The highest BCUT2D eigenvalue weighted by atomic mass is 35.5. The third-order valence-corrected chi connectivity index (χ3v) is 5.34. The van der Waals surface area contributed by atoms with Gasteiger partial charge in [0, 0.05) is 22.4 Å². The summed E-state index contributed by atoms with van der Waals surface area (Å²) in [6, 6.07) is 3.57. The predicted octanol–water partition coefficient (Wildman–Crippen LogP) is 4.83. The lowest BCUT2D eigenvalue weighted by molar-refractivity contribution is 0.173. The highest BCUT2D eigenvalue weighted by Gasteiger charge is 2.33. The lowest BCUT2D eigenvalue weighted by atomic mass is 9.90. The first-order valence-electron chi connectivity index (χ1n) is 8.31. The van der Waals surface area contributed by atoms with Gasteiger partial charge in [-0.1, -0.05) is 30.1 Å². The monoisotopic (exact) mass is 376 g/mol. The number of pyridine rings is 1. The van der Waals surface area contributed by atoms with Crippen LogP contribution in [0.1, 0.15) is 49.5 Å². The Morgan fingerprint density at radius 3 is 2.60 bits per heavy atom. The summed E-state index contributed by atoms with van der Waals surface area (Å²) < 4.78 is 0. The van der Waals surface area contributed by atoms with E-state index in [-0.39, 0.29) is 0 Å². The second-order valence-corrected chi connectivity index (χ2v) is 7.28. The fraction of sp³-hybridized carbons (Fsp3) is 0.333.